The molecule has 82 valence electrons. The minimum atomic E-state index is -1.20. The van der Waals surface area contributed by atoms with E-state index in [4.69, 9.17) is 5.26 Å². The Bertz CT molecular complexity index is 594. The number of hydrogen-bond donors (Lipinski definition) is 0. The molecule has 0 aromatic heterocycles. The lowest BCUT2D eigenvalue weighted by molar-refractivity contribution is -0.255. The summed E-state index contributed by atoms with van der Waals surface area (Å²) in [7, 11) is 0. The third-order valence-corrected chi connectivity index (χ3v) is 2.48. The van der Waals surface area contributed by atoms with Gasteiger partial charge in [0.15, 0.2) is 0 Å². The first kappa shape index (κ1) is 10.9. The summed E-state index contributed by atoms with van der Waals surface area (Å²) in [4.78, 5) is 10.6. The quantitative estimate of drug-likeness (QED) is 0.775. The van der Waals surface area contributed by atoms with Crippen LogP contribution in [0, 0.1) is 11.3 Å². The molecular formula is C14H8NO2-. The van der Waals surface area contributed by atoms with E-state index in [0.717, 1.165) is 11.1 Å². The smallest absolute Gasteiger partial charge is 0.0998 e. The standard InChI is InChI=1S/C14H9NO2/c15-9-12-3-1-2-4-13(12)10-5-7-11(8-6-10)14(16)17/h1-8H,(H,16,17)/p-1. The van der Waals surface area contributed by atoms with E-state index in [1.807, 2.05) is 12.1 Å². The Labute approximate surface area is 98.6 Å². The first-order valence-electron chi connectivity index (χ1n) is 5.03. The monoisotopic (exact) mass is 222 g/mol. The van der Waals surface area contributed by atoms with Crippen molar-refractivity contribution in [3.8, 4) is 17.2 Å². The highest BCUT2D eigenvalue weighted by atomic mass is 16.4. The summed E-state index contributed by atoms with van der Waals surface area (Å²) in [6, 6.07) is 15.6. The van der Waals surface area contributed by atoms with Crippen LogP contribution in [0.25, 0.3) is 11.1 Å². The highest BCUT2D eigenvalue weighted by Gasteiger charge is 2.03. The second-order valence-electron chi connectivity index (χ2n) is 3.52. The lowest BCUT2D eigenvalue weighted by Gasteiger charge is -2.06. The number of carboxylic acid groups (broad SMARTS) is 1. The number of aromatic carboxylic acids is 1. The number of hydrogen-bond acceptors (Lipinski definition) is 3. The van der Waals surface area contributed by atoms with Gasteiger partial charge in [-0.1, -0.05) is 42.5 Å². The second kappa shape index (κ2) is 4.50. The number of carbonyl (C=O) groups is 1. The molecule has 0 aliphatic carbocycles. The number of nitriles is 1. The maximum atomic E-state index is 10.6. The van der Waals surface area contributed by atoms with Gasteiger partial charge in [-0.05, 0) is 22.8 Å². The van der Waals surface area contributed by atoms with Crippen LogP contribution in [0.15, 0.2) is 48.5 Å². The molecule has 0 radical (unpaired) electrons. The van der Waals surface area contributed by atoms with Crippen LogP contribution in [0.5, 0.6) is 0 Å². The number of carboxylic acids is 1. The molecule has 0 heterocycles. The van der Waals surface area contributed by atoms with E-state index in [0.29, 0.717) is 5.56 Å². The average Bonchev–Trinajstić information content (AvgIpc) is 2.39. The molecule has 3 heteroatoms. The van der Waals surface area contributed by atoms with Gasteiger partial charge in [0.1, 0.15) is 0 Å². The Morgan fingerprint density at radius 3 is 2.29 bits per heavy atom. The highest BCUT2D eigenvalue weighted by molar-refractivity contribution is 5.86. The SMILES string of the molecule is N#Cc1ccccc1-c1ccc(C(=O)[O-])cc1. The Kier molecular flexibility index (Phi) is 2.89. The van der Waals surface area contributed by atoms with Crippen molar-refractivity contribution in [1.82, 2.24) is 0 Å². The summed E-state index contributed by atoms with van der Waals surface area (Å²) in [5, 5.41) is 19.6. The summed E-state index contributed by atoms with van der Waals surface area (Å²) in [6.07, 6.45) is 0. The summed E-state index contributed by atoms with van der Waals surface area (Å²) >= 11 is 0. The topological polar surface area (TPSA) is 63.9 Å². The molecule has 0 atom stereocenters. The maximum Gasteiger partial charge on any atom is 0.0998 e. The number of rotatable bonds is 2. The predicted molar refractivity (Wildman–Crippen MR) is 60.9 cm³/mol. The van der Waals surface area contributed by atoms with Gasteiger partial charge in [-0.15, -0.1) is 0 Å². The number of carbonyl (C=O) groups excluding carboxylic acids is 1. The van der Waals surface area contributed by atoms with E-state index in [9.17, 15) is 9.90 Å². The van der Waals surface area contributed by atoms with Gasteiger partial charge in [0, 0.05) is 0 Å². The van der Waals surface area contributed by atoms with Gasteiger partial charge in [-0.2, -0.15) is 5.26 Å². The molecule has 0 unspecified atom stereocenters. The van der Waals surface area contributed by atoms with Crippen LogP contribution in [0.1, 0.15) is 15.9 Å². The molecule has 17 heavy (non-hydrogen) atoms. The van der Waals surface area contributed by atoms with Crippen molar-refractivity contribution >= 4 is 5.97 Å². The number of benzene rings is 2. The Hall–Kier alpha value is -2.60. The van der Waals surface area contributed by atoms with Gasteiger partial charge >= 0.3 is 0 Å². The molecule has 0 aliphatic heterocycles. The molecule has 2 aromatic rings. The third kappa shape index (κ3) is 2.16. The van der Waals surface area contributed by atoms with Crippen LogP contribution in [0.4, 0.5) is 0 Å². The van der Waals surface area contributed by atoms with Crippen LogP contribution < -0.4 is 5.11 Å². The molecule has 2 aromatic carbocycles. The fraction of sp³-hybridized carbons (Fsp3) is 0. The molecule has 2 rings (SSSR count). The fourth-order valence-electron chi connectivity index (χ4n) is 1.62. The molecule has 3 nitrogen and oxygen atoms in total. The summed E-state index contributed by atoms with van der Waals surface area (Å²) in [6.45, 7) is 0. The van der Waals surface area contributed by atoms with Crippen molar-refractivity contribution in [2.45, 2.75) is 0 Å². The summed E-state index contributed by atoms with van der Waals surface area (Å²) in [5.74, 6) is -1.20. The van der Waals surface area contributed by atoms with Gasteiger partial charge in [0.2, 0.25) is 0 Å². The molecule has 0 saturated carbocycles. The maximum absolute atomic E-state index is 10.6. The van der Waals surface area contributed by atoms with Gasteiger partial charge in [-0.25, -0.2) is 0 Å². The first-order valence-corrected chi connectivity index (χ1v) is 5.03. The van der Waals surface area contributed by atoms with E-state index in [-0.39, 0.29) is 5.56 Å². The molecule has 0 fully saturated rings. The average molecular weight is 222 g/mol. The molecule has 0 amide bonds. The normalized spacial score (nSPS) is 9.59. The Morgan fingerprint density at radius 2 is 1.71 bits per heavy atom. The van der Waals surface area contributed by atoms with Crippen molar-refractivity contribution in [1.29, 1.82) is 5.26 Å². The van der Waals surface area contributed by atoms with Crippen LogP contribution in [0.2, 0.25) is 0 Å². The second-order valence-corrected chi connectivity index (χ2v) is 3.52. The number of nitrogens with zero attached hydrogens (tertiary/aromatic N) is 1. The van der Waals surface area contributed by atoms with Crippen molar-refractivity contribution in [3.05, 3.63) is 59.7 Å². The zero-order valence-electron chi connectivity index (χ0n) is 8.88. The van der Waals surface area contributed by atoms with Crippen molar-refractivity contribution < 1.29 is 9.90 Å². The van der Waals surface area contributed by atoms with Crippen molar-refractivity contribution in [3.63, 3.8) is 0 Å². The van der Waals surface area contributed by atoms with Crippen LogP contribution in [0.3, 0.4) is 0 Å². The van der Waals surface area contributed by atoms with Gasteiger partial charge in [0.05, 0.1) is 17.6 Å². The van der Waals surface area contributed by atoms with Gasteiger partial charge in [0.25, 0.3) is 0 Å². The predicted octanol–water partition coefficient (Wildman–Crippen LogP) is 1.59. The van der Waals surface area contributed by atoms with Crippen molar-refractivity contribution in [2.24, 2.45) is 0 Å². The minimum absolute atomic E-state index is 0.128. The first-order chi connectivity index (χ1) is 8.22. The fourth-order valence-corrected chi connectivity index (χ4v) is 1.62. The van der Waals surface area contributed by atoms with E-state index >= 15 is 0 Å². The largest absolute Gasteiger partial charge is 0.545 e. The molecule has 0 spiro atoms. The zero-order valence-corrected chi connectivity index (χ0v) is 8.88. The third-order valence-electron chi connectivity index (χ3n) is 2.48. The molecule has 0 bridgehead atoms. The van der Waals surface area contributed by atoms with Gasteiger partial charge in [-0.3, -0.25) is 0 Å². The lowest BCUT2D eigenvalue weighted by atomic mass is 9.99. The Morgan fingerprint density at radius 1 is 1.06 bits per heavy atom. The molecule has 0 N–H and O–H groups in total. The lowest BCUT2D eigenvalue weighted by Crippen LogP contribution is -2.21. The van der Waals surface area contributed by atoms with Crippen LogP contribution in [-0.2, 0) is 0 Å². The zero-order chi connectivity index (χ0) is 12.3. The van der Waals surface area contributed by atoms with E-state index in [2.05, 4.69) is 6.07 Å². The summed E-state index contributed by atoms with van der Waals surface area (Å²) in [5.41, 5.74) is 2.30. The molecular weight excluding hydrogens is 214 g/mol. The van der Waals surface area contributed by atoms with Crippen LogP contribution in [-0.4, -0.2) is 5.97 Å². The minimum Gasteiger partial charge on any atom is -0.545 e. The summed E-state index contributed by atoms with van der Waals surface area (Å²) < 4.78 is 0. The van der Waals surface area contributed by atoms with E-state index in [1.54, 1.807) is 24.3 Å². The van der Waals surface area contributed by atoms with Gasteiger partial charge < -0.3 is 9.90 Å². The van der Waals surface area contributed by atoms with Crippen LogP contribution >= 0.6 is 0 Å². The Balaban J connectivity index is 2.47. The molecule has 0 aliphatic rings. The van der Waals surface area contributed by atoms with E-state index in [1.165, 1.54) is 12.1 Å². The van der Waals surface area contributed by atoms with Crippen molar-refractivity contribution in [2.75, 3.05) is 0 Å². The molecule has 0 saturated heterocycles. The highest BCUT2D eigenvalue weighted by Crippen LogP contribution is 2.23. The van der Waals surface area contributed by atoms with E-state index < -0.39 is 5.97 Å².